The topological polar surface area (TPSA) is 64.8 Å². The third-order valence-electron chi connectivity index (χ3n) is 5.34. The predicted octanol–water partition coefficient (Wildman–Crippen LogP) is 2.05. The molecule has 0 bridgehead atoms. The van der Waals surface area contributed by atoms with Gasteiger partial charge in [-0.05, 0) is 44.6 Å². The molecule has 0 aliphatic carbocycles. The van der Waals surface area contributed by atoms with Gasteiger partial charge in [-0.15, -0.1) is 0 Å². The average molecular weight is 346 g/mol. The lowest BCUT2D eigenvalue weighted by Gasteiger charge is -2.37. The van der Waals surface area contributed by atoms with Gasteiger partial charge in [-0.2, -0.15) is 0 Å². The van der Waals surface area contributed by atoms with Crippen LogP contribution < -0.4 is 5.73 Å². The number of hydrogen-bond donors (Lipinski definition) is 1. The van der Waals surface area contributed by atoms with E-state index in [1.165, 1.54) is 11.1 Å². The zero-order chi connectivity index (χ0) is 17.7. The van der Waals surface area contributed by atoms with Crippen molar-refractivity contribution in [1.29, 1.82) is 0 Å². The monoisotopic (exact) mass is 346 g/mol. The van der Waals surface area contributed by atoms with E-state index >= 15 is 0 Å². The molecule has 2 fully saturated rings. The van der Waals surface area contributed by atoms with Gasteiger partial charge in [-0.3, -0.25) is 4.79 Å². The molecule has 2 heterocycles. The van der Waals surface area contributed by atoms with Gasteiger partial charge in [0.15, 0.2) is 0 Å². The van der Waals surface area contributed by atoms with Crippen molar-refractivity contribution in [3.8, 4) is 0 Å². The minimum absolute atomic E-state index is 0.0541. The molecule has 1 unspecified atom stereocenters. The maximum atomic E-state index is 13.2. The molecule has 0 spiro atoms. The van der Waals surface area contributed by atoms with Crippen LogP contribution in [0.15, 0.2) is 24.3 Å². The first kappa shape index (κ1) is 18.4. The summed E-state index contributed by atoms with van der Waals surface area (Å²) < 4.78 is 11.2. The van der Waals surface area contributed by atoms with Crippen molar-refractivity contribution in [3.05, 3.63) is 35.4 Å². The van der Waals surface area contributed by atoms with Crippen LogP contribution >= 0.6 is 0 Å². The maximum Gasteiger partial charge on any atom is 0.242 e. The first-order valence-corrected chi connectivity index (χ1v) is 9.40. The van der Waals surface area contributed by atoms with E-state index in [4.69, 9.17) is 15.2 Å². The highest BCUT2D eigenvalue weighted by molar-refractivity contribution is 5.86. The molecular weight excluding hydrogens is 316 g/mol. The second kappa shape index (κ2) is 8.30. The first-order valence-electron chi connectivity index (χ1n) is 9.40. The molecule has 1 aromatic rings. The molecule has 0 aromatic heterocycles. The Labute approximate surface area is 150 Å². The molecule has 2 saturated heterocycles. The van der Waals surface area contributed by atoms with Crippen molar-refractivity contribution >= 4 is 5.91 Å². The maximum absolute atomic E-state index is 13.2. The summed E-state index contributed by atoms with van der Waals surface area (Å²) in [5, 5.41) is 0. The average Bonchev–Trinajstić information content (AvgIpc) is 3.13. The van der Waals surface area contributed by atoms with Gasteiger partial charge in [-0.1, -0.05) is 29.8 Å². The number of ether oxygens (including phenoxy) is 2. The molecular formula is C20H30N2O3. The first-order chi connectivity index (χ1) is 12.1. The lowest BCUT2D eigenvalue weighted by molar-refractivity contribution is -0.142. The molecule has 3 rings (SSSR count). The molecule has 5 heteroatoms. The Bertz CT molecular complexity index is 561. The Morgan fingerprint density at radius 2 is 1.96 bits per heavy atom. The Morgan fingerprint density at radius 3 is 2.60 bits per heavy atom. The molecule has 1 aromatic carbocycles. The van der Waals surface area contributed by atoms with E-state index in [9.17, 15) is 4.79 Å². The molecule has 25 heavy (non-hydrogen) atoms. The summed E-state index contributed by atoms with van der Waals surface area (Å²) in [6.45, 7) is 5.33. The molecule has 2 N–H and O–H groups in total. The number of carbonyl (C=O) groups is 1. The predicted molar refractivity (Wildman–Crippen MR) is 97.4 cm³/mol. The summed E-state index contributed by atoms with van der Waals surface area (Å²) in [5.41, 5.74) is 8.16. The fourth-order valence-corrected chi connectivity index (χ4v) is 3.59. The van der Waals surface area contributed by atoms with Crippen LogP contribution in [0, 0.1) is 6.92 Å². The number of carbonyl (C=O) groups excluding carboxylic acids is 1. The van der Waals surface area contributed by atoms with Crippen LogP contribution in [0.1, 0.15) is 36.8 Å². The number of amides is 1. The van der Waals surface area contributed by atoms with E-state index in [1.807, 2.05) is 4.90 Å². The number of hydrogen-bond acceptors (Lipinski definition) is 4. The Balaban J connectivity index is 1.67. The summed E-state index contributed by atoms with van der Waals surface area (Å²) >= 11 is 0. The Morgan fingerprint density at radius 1 is 1.24 bits per heavy atom. The van der Waals surface area contributed by atoms with E-state index in [0.29, 0.717) is 39.1 Å². The van der Waals surface area contributed by atoms with Crippen LogP contribution in [-0.2, 0) is 20.7 Å². The highest BCUT2D eigenvalue weighted by Gasteiger charge is 2.39. The molecule has 138 valence electrons. The molecule has 2 aliphatic rings. The summed E-state index contributed by atoms with van der Waals surface area (Å²) in [6, 6.07) is 8.50. The number of nitrogens with zero attached hydrogens (tertiary/aromatic N) is 1. The van der Waals surface area contributed by atoms with Gasteiger partial charge in [0.2, 0.25) is 5.91 Å². The summed E-state index contributed by atoms with van der Waals surface area (Å²) in [6.07, 6.45) is 4.27. The van der Waals surface area contributed by atoms with E-state index in [1.54, 1.807) is 0 Å². The van der Waals surface area contributed by atoms with Crippen LogP contribution in [0.5, 0.6) is 0 Å². The highest BCUT2D eigenvalue weighted by atomic mass is 16.5. The second-order valence-electron chi connectivity index (χ2n) is 7.39. The molecule has 2 aliphatic heterocycles. The van der Waals surface area contributed by atoms with E-state index in [-0.39, 0.29) is 12.0 Å². The number of nitrogens with two attached hydrogens (primary N) is 1. The van der Waals surface area contributed by atoms with Crippen molar-refractivity contribution in [1.82, 2.24) is 4.90 Å². The van der Waals surface area contributed by atoms with Crippen LogP contribution in [-0.4, -0.2) is 55.4 Å². The van der Waals surface area contributed by atoms with Gasteiger partial charge in [0.25, 0.3) is 0 Å². The lowest BCUT2D eigenvalue weighted by atomic mass is 9.89. The zero-order valence-corrected chi connectivity index (χ0v) is 15.2. The van der Waals surface area contributed by atoms with Crippen molar-refractivity contribution in [3.63, 3.8) is 0 Å². The Hall–Kier alpha value is -1.43. The van der Waals surface area contributed by atoms with Gasteiger partial charge in [0.05, 0.1) is 11.6 Å². The van der Waals surface area contributed by atoms with Crippen molar-refractivity contribution in [2.45, 2.75) is 50.7 Å². The molecule has 0 saturated carbocycles. The van der Waals surface area contributed by atoms with Crippen molar-refractivity contribution in [2.24, 2.45) is 5.73 Å². The van der Waals surface area contributed by atoms with Crippen LogP contribution in [0.2, 0.25) is 0 Å². The Kier molecular flexibility index (Phi) is 6.10. The fraction of sp³-hybridized carbons (Fsp3) is 0.650. The second-order valence-corrected chi connectivity index (χ2v) is 7.39. The van der Waals surface area contributed by atoms with Crippen LogP contribution in [0.25, 0.3) is 0 Å². The van der Waals surface area contributed by atoms with Gasteiger partial charge < -0.3 is 20.1 Å². The summed E-state index contributed by atoms with van der Waals surface area (Å²) in [7, 11) is 0. The minimum atomic E-state index is -0.788. The third-order valence-corrected chi connectivity index (χ3v) is 5.34. The standard InChI is InChI=1S/C20H30N2O3/c1-16-4-6-17(7-5-16)8-11-22(15-18-3-2-12-25-18)19(23)20(21)9-13-24-14-10-20/h4-7,18H,2-3,8-15,21H2,1H3. The van der Waals surface area contributed by atoms with Gasteiger partial charge >= 0.3 is 0 Å². The van der Waals surface area contributed by atoms with Gasteiger partial charge in [0.1, 0.15) is 0 Å². The molecule has 5 nitrogen and oxygen atoms in total. The van der Waals surface area contributed by atoms with E-state index < -0.39 is 5.54 Å². The molecule has 1 amide bonds. The number of aryl methyl sites for hydroxylation is 1. The largest absolute Gasteiger partial charge is 0.381 e. The zero-order valence-electron chi connectivity index (χ0n) is 15.2. The molecule has 0 radical (unpaired) electrons. The highest BCUT2D eigenvalue weighted by Crippen LogP contribution is 2.22. The van der Waals surface area contributed by atoms with Gasteiger partial charge in [0, 0.05) is 32.9 Å². The van der Waals surface area contributed by atoms with E-state index in [2.05, 4.69) is 31.2 Å². The lowest BCUT2D eigenvalue weighted by Crippen LogP contribution is -2.59. The SMILES string of the molecule is Cc1ccc(CCN(CC2CCCO2)C(=O)C2(N)CCOCC2)cc1. The number of benzene rings is 1. The van der Waals surface area contributed by atoms with Crippen molar-refractivity contribution in [2.75, 3.05) is 32.9 Å². The smallest absolute Gasteiger partial charge is 0.242 e. The minimum Gasteiger partial charge on any atom is -0.381 e. The molecule has 1 atom stereocenters. The van der Waals surface area contributed by atoms with Crippen LogP contribution in [0.4, 0.5) is 0 Å². The quantitative estimate of drug-likeness (QED) is 0.856. The van der Waals surface area contributed by atoms with Crippen LogP contribution in [0.3, 0.4) is 0 Å². The summed E-state index contributed by atoms with van der Waals surface area (Å²) in [5.74, 6) is 0.0541. The summed E-state index contributed by atoms with van der Waals surface area (Å²) in [4.78, 5) is 15.1. The fourth-order valence-electron chi connectivity index (χ4n) is 3.59. The number of rotatable bonds is 6. The van der Waals surface area contributed by atoms with Gasteiger partial charge in [-0.25, -0.2) is 0 Å². The normalized spacial score (nSPS) is 22.7. The third kappa shape index (κ3) is 4.81. The van der Waals surface area contributed by atoms with Crippen molar-refractivity contribution < 1.29 is 14.3 Å². The van der Waals surface area contributed by atoms with E-state index in [0.717, 1.165) is 25.9 Å².